The number of amides is 1. The number of likely N-dealkylation sites (tertiary alicyclic amines) is 1. The van der Waals surface area contributed by atoms with Crippen LogP contribution in [0.5, 0.6) is 5.75 Å². The van der Waals surface area contributed by atoms with E-state index in [9.17, 15) is 13.2 Å². The lowest BCUT2D eigenvalue weighted by Crippen LogP contribution is -2.40. The van der Waals surface area contributed by atoms with Crippen molar-refractivity contribution in [3.63, 3.8) is 0 Å². The second kappa shape index (κ2) is 12.5. The van der Waals surface area contributed by atoms with Crippen LogP contribution in [-0.4, -0.2) is 76.1 Å². The van der Waals surface area contributed by atoms with E-state index < -0.39 is 10.0 Å². The van der Waals surface area contributed by atoms with E-state index in [1.807, 2.05) is 24.3 Å². The zero-order valence-corrected chi connectivity index (χ0v) is 21.0. The van der Waals surface area contributed by atoms with Gasteiger partial charge in [0.2, 0.25) is 10.0 Å². The van der Waals surface area contributed by atoms with Gasteiger partial charge in [0.15, 0.2) is 0 Å². The number of hydrogen-bond acceptors (Lipinski definition) is 6. The van der Waals surface area contributed by atoms with Crippen molar-refractivity contribution in [2.75, 3.05) is 52.5 Å². The SMILES string of the molecule is O=C(NCCOc1ccc(S(=O)(=O)N2CCOCC2)cc1)c1ccc(CN2CCCCCC2)cc1. The lowest BCUT2D eigenvalue weighted by Gasteiger charge is -2.26. The highest BCUT2D eigenvalue weighted by Crippen LogP contribution is 2.20. The van der Waals surface area contributed by atoms with Gasteiger partial charge in [0.1, 0.15) is 12.4 Å². The second-order valence-corrected chi connectivity index (χ2v) is 10.9. The smallest absolute Gasteiger partial charge is 0.251 e. The Balaban J connectivity index is 1.19. The van der Waals surface area contributed by atoms with Crippen LogP contribution in [0.3, 0.4) is 0 Å². The van der Waals surface area contributed by atoms with Gasteiger partial charge in [-0.25, -0.2) is 8.42 Å². The number of morpholine rings is 1. The molecule has 9 heteroatoms. The van der Waals surface area contributed by atoms with E-state index in [1.165, 1.54) is 35.6 Å². The number of carbonyl (C=O) groups is 1. The number of hydrogen-bond donors (Lipinski definition) is 1. The maximum absolute atomic E-state index is 12.7. The highest BCUT2D eigenvalue weighted by atomic mass is 32.2. The second-order valence-electron chi connectivity index (χ2n) is 8.98. The molecule has 2 aliphatic rings. The number of ether oxygens (including phenoxy) is 2. The number of benzene rings is 2. The van der Waals surface area contributed by atoms with Gasteiger partial charge >= 0.3 is 0 Å². The van der Waals surface area contributed by atoms with Crippen LogP contribution < -0.4 is 10.1 Å². The zero-order valence-electron chi connectivity index (χ0n) is 20.2. The summed E-state index contributed by atoms with van der Waals surface area (Å²) in [5.74, 6) is 0.417. The topological polar surface area (TPSA) is 88.2 Å². The van der Waals surface area contributed by atoms with E-state index >= 15 is 0 Å². The molecule has 0 spiro atoms. The number of nitrogens with zero attached hydrogens (tertiary/aromatic N) is 2. The summed E-state index contributed by atoms with van der Waals surface area (Å²) in [5, 5.41) is 2.87. The molecule has 2 aliphatic heterocycles. The molecule has 1 N–H and O–H groups in total. The molecule has 0 aliphatic carbocycles. The zero-order chi connectivity index (χ0) is 24.5. The molecule has 2 fully saturated rings. The first-order valence-electron chi connectivity index (χ1n) is 12.4. The third-order valence-electron chi connectivity index (χ3n) is 6.41. The molecule has 190 valence electrons. The van der Waals surface area contributed by atoms with Crippen LogP contribution >= 0.6 is 0 Å². The van der Waals surface area contributed by atoms with Gasteiger partial charge < -0.3 is 14.8 Å². The summed E-state index contributed by atoms with van der Waals surface area (Å²) >= 11 is 0. The molecule has 2 heterocycles. The molecule has 2 aromatic carbocycles. The van der Waals surface area contributed by atoms with Crippen molar-refractivity contribution in [3.05, 3.63) is 59.7 Å². The molecule has 4 rings (SSSR count). The van der Waals surface area contributed by atoms with Gasteiger partial charge in [-0.1, -0.05) is 25.0 Å². The Labute approximate surface area is 208 Å². The van der Waals surface area contributed by atoms with E-state index in [0.717, 1.165) is 19.6 Å². The fraction of sp³-hybridized carbons (Fsp3) is 0.500. The molecule has 1 amide bonds. The van der Waals surface area contributed by atoms with E-state index in [0.29, 0.717) is 44.2 Å². The van der Waals surface area contributed by atoms with Gasteiger partial charge in [0.25, 0.3) is 5.91 Å². The fourth-order valence-electron chi connectivity index (χ4n) is 4.39. The minimum atomic E-state index is -3.52. The van der Waals surface area contributed by atoms with Crippen LogP contribution in [-0.2, 0) is 21.3 Å². The molecule has 0 atom stereocenters. The first-order valence-corrected chi connectivity index (χ1v) is 13.9. The molecular weight excluding hydrogens is 466 g/mol. The summed E-state index contributed by atoms with van der Waals surface area (Å²) in [5.41, 5.74) is 1.85. The molecule has 2 aromatic rings. The average molecular weight is 502 g/mol. The van der Waals surface area contributed by atoms with Crippen LogP contribution in [0.4, 0.5) is 0 Å². The molecule has 0 bridgehead atoms. The summed E-state index contributed by atoms with van der Waals surface area (Å²) in [7, 11) is -3.52. The van der Waals surface area contributed by atoms with Crippen molar-refractivity contribution in [3.8, 4) is 5.75 Å². The van der Waals surface area contributed by atoms with Crippen LogP contribution in [0, 0.1) is 0 Å². The Morgan fingerprint density at radius 1 is 0.886 bits per heavy atom. The first-order chi connectivity index (χ1) is 17.0. The predicted octanol–water partition coefficient (Wildman–Crippen LogP) is 2.89. The van der Waals surface area contributed by atoms with Crippen molar-refractivity contribution >= 4 is 15.9 Å². The van der Waals surface area contributed by atoms with Crippen molar-refractivity contribution in [2.45, 2.75) is 37.1 Å². The standard InChI is InChI=1S/C26H35N3O5S/c30-26(23-7-5-22(6-8-23)21-28-14-3-1-2-4-15-28)27-13-18-34-24-9-11-25(12-10-24)35(31,32)29-16-19-33-20-17-29/h5-12H,1-4,13-21H2,(H,27,30). The van der Waals surface area contributed by atoms with Gasteiger partial charge in [-0.15, -0.1) is 0 Å². The van der Waals surface area contributed by atoms with E-state index in [4.69, 9.17) is 9.47 Å². The Kier molecular flexibility index (Phi) is 9.14. The predicted molar refractivity (Wildman–Crippen MR) is 134 cm³/mol. The molecule has 0 saturated carbocycles. The maximum atomic E-state index is 12.7. The number of rotatable bonds is 9. The maximum Gasteiger partial charge on any atom is 0.251 e. The monoisotopic (exact) mass is 501 g/mol. The molecule has 0 aromatic heterocycles. The summed E-state index contributed by atoms with van der Waals surface area (Å²) < 4.78 is 37.7. The summed E-state index contributed by atoms with van der Waals surface area (Å²) in [6.07, 6.45) is 5.17. The van der Waals surface area contributed by atoms with Crippen molar-refractivity contribution in [1.82, 2.24) is 14.5 Å². The Morgan fingerprint density at radius 3 is 2.20 bits per heavy atom. The highest BCUT2D eigenvalue weighted by Gasteiger charge is 2.26. The van der Waals surface area contributed by atoms with Crippen LogP contribution in [0.25, 0.3) is 0 Å². The van der Waals surface area contributed by atoms with Crippen molar-refractivity contribution in [1.29, 1.82) is 0 Å². The molecule has 35 heavy (non-hydrogen) atoms. The van der Waals surface area contributed by atoms with E-state index in [-0.39, 0.29) is 17.4 Å². The van der Waals surface area contributed by atoms with E-state index in [2.05, 4.69) is 10.2 Å². The van der Waals surface area contributed by atoms with Gasteiger partial charge in [0, 0.05) is 25.2 Å². The third kappa shape index (κ3) is 7.27. The largest absolute Gasteiger partial charge is 0.492 e. The van der Waals surface area contributed by atoms with E-state index in [1.54, 1.807) is 24.3 Å². The molecular formula is C26H35N3O5S. The lowest BCUT2D eigenvalue weighted by molar-refractivity contribution is 0.0730. The van der Waals surface area contributed by atoms with Crippen molar-refractivity contribution < 1.29 is 22.7 Å². The Hall–Kier alpha value is -2.46. The van der Waals surface area contributed by atoms with Crippen LogP contribution in [0.2, 0.25) is 0 Å². The van der Waals surface area contributed by atoms with Gasteiger partial charge in [0.05, 0.1) is 24.7 Å². The number of carbonyl (C=O) groups excluding carboxylic acids is 1. The Morgan fingerprint density at radius 2 is 1.54 bits per heavy atom. The quantitative estimate of drug-likeness (QED) is 0.532. The Bertz CT molecular complexity index is 1040. The van der Waals surface area contributed by atoms with Crippen LogP contribution in [0.15, 0.2) is 53.4 Å². The van der Waals surface area contributed by atoms with Gasteiger partial charge in [-0.3, -0.25) is 9.69 Å². The summed E-state index contributed by atoms with van der Waals surface area (Å²) in [6, 6.07) is 14.2. The fourth-order valence-corrected chi connectivity index (χ4v) is 5.80. The average Bonchev–Trinajstić information content (AvgIpc) is 3.16. The number of nitrogens with one attached hydrogen (secondary N) is 1. The molecule has 8 nitrogen and oxygen atoms in total. The minimum Gasteiger partial charge on any atom is -0.492 e. The van der Waals surface area contributed by atoms with Crippen LogP contribution in [0.1, 0.15) is 41.6 Å². The minimum absolute atomic E-state index is 0.137. The molecule has 0 unspecified atom stereocenters. The van der Waals surface area contributed by atoms with Gasteiger partial charge in [-0.05, 0) is 67.9 Å². The molecule has 2 saturated heterocycles. The first kappa shape index (κ1) is 25.6. The number of sulfonamides is 1. The summed E-state index contributed by atoms with van der Waals surface area (Å²) in [4.78, 5) is 15.2. The normalized spacial score (nSPS) is 18.1. The third-order valence-corrected chi connectivity index (χ3v) is 8.32. The van der Waals surface area contributed by atoms with Crippen molar-refractivity contribution in [2.24, 2.45) is 0 Å². The highest BCUT2D eigenvalue weighted by molar-refractivity contribution is 7.89. The summed E-state index contributed by atoms with van der Waals surface area (Å²) in [6.45, 7) is 5.41. The van der Waals surface area contributed by atoms with Gasteiger partial charge in [-0.2, -0.15) is 4.31 Å². The molecule has 0 radical (unpaired) electrons. The lowest BCUT2D eigenvalue weighted by atomic mass is 10.1.